The number of benzene rings is 2. The van der Waals surface area contributed by atoms with E-state index in [1.54, 1.807) is 12.1 Å². The summed E-state index contributed by atoms with van der Waals surface area (Å²) in [5.74, 6) is -0.679. The van der Waals surface area contributed by atoms with Gasteiger partial charge in [0.25, 0.3) is 5.91 Å². The van der Waals surface area contributed by atoms with Crippen LogP contribution in [0.5, 0.6) is 5.75 Å². The highest BCUT2D eigenvalue weighted by atomic mass is 19.4. The SMILES string of the molecule is COc1ccccc1CN(CN1C(=O)NC(c2ccccc2)(C(F)(F)F)C1=O)C1CC1. The molecule has 0 bridgehead atoms. The highest BCUT2D eigenvalue weighted by Gasteiger charge is 2.68. The van der Waals surface area contributed by atoms with Gasteiger partial charge < -0.3 is 10.1 Å². The van der Waals surface area contributed by atoms with Gasteiger partial charge >= 0.3 is 12.2 Å². The molecule has 1 aliphatic heterocycles. The number of carbonyl (C=O) groups excluding carboxylic acids is 2. The molecule has 2 aromatic rings. The number of amides is 3. The Morgan fingerprint density at radius 2 is 1.74 bits per heavy atom. The molecule has 2 aromatic carbocycles. The number of imide groups is 1. The molecular weight excluding hydrogens is 411 g/mol. The van der Waals surface area contributed by atoms with Crippen LogP contribution in [0.3, 0.4) is 0 Å². The van der Waals surface area contributed by atoms with Gasteiger partial charge in [-0.05, 0) is 24.5 Å². The van der Waals surface area contributed by atoms with Crippen molar-refractivity contribution in [1.82, 2.24) is 15.1 Å². The first-order valence-electron chi connectivity index (χ1n) is 9.90. The summed E-state index contributed by atoms with van der Waals surface area (Å²) < 4.78 is 47.8. The van der Waals surface area contributed by atoms with E-state index in [4.69, 9.17) is 4.74 Å². The van der Waals surface area contributed by atoms with Gasteiger partial charge in [0, 0.05) is 18.2 Å². The molecule has 0 radical (unpaired) electrons. The van der Waals surface area contributed by atoms with Crippen molar-refractivity contribution in [2.45, 2.75) is 37.1 Å². The van der Waals surface area contributed by atoms with Gasteiger partial charge in [-0.1, -0.05) is 48.5 Å². The van der Waals surface area contributed by atoms with E-state index in [1.165, 1.54) is 31.4 Å². The van der Waals surface area contributed by atoms with E-state index in [-0.39, 0.29) is 18.3 Å². The Balaban J connectivity index is 1.63. The van der Waals surface area contributed by atoms with Crippen LogP contribution >= 0.6 is 0 Å². The van der Waals surface area contributed by atoms with E-state index < -0.39 is 23.7 Å². The van der Waals surface area contributed by atoms with Crippen LogP contribution < -0.4 is 10.1 Å². The van der Waals surface area contributed by atoms with E-state index in [0.717, 1.165) is 18.4 Å². The number of ether oxygens (including phenoxy) is 1. The fourth-order valence-electron chi connectivity index (χ4n) is 3.91. The molecule has 164 valence electrons. The Bertz CT molecular complexity index is 979. The standard InChI is InChI=1S/C22H22F3N3O3/c1-31-18-10-6-5-7-15(18)13-27(17-11-12-17)14-28-19(29)21(22(23,24)25,26-20(28)30)16-8-3-2-4-9-16/h2-10,17H,11-14H2,1H3,(H,26,30). The van der Waals surface area contributed by atoms with Crippen LogP contribution in [0.15, 0.2) is 54.6 Å². The second-order valence-corrected chi connectivity index (χ2v) is 7.71. The molecular formula is C22H22F3N3O3. The highest BCUT2D eigenvalue weighted by molar-refractivity contribution is 6.08. The average molecular weight is 433 g/mol. The number of methoxy groups -OCH3 is 1. The largest absolute Gasteiger partial charge is 0.496 e. The minimum absolute atomic E-state index is 0.0862. The lowest BCUT2D eigenvalue weighted by Crippen LogP contribution is -2.56. The Hall–Kier alpha value is -3.07. The maximum atomic E-state index is 14.2. The predicted octanol–water partition coefficient (Wildman–Crippen LogP) is 3.63. The highest BCUT2D eigenvalue weighted by Crippen LogP contribution is 2.44. The molecule has 1 saturated carbocycles. The second kappa shape index (κ2) is 7.88. The van der Waals surface area contributed by atoms with Crippen LogP contribution in [0.1, 0.15) is 24.0 Å². The van der Waals surface area contributed by atoms with Crippen molar-refractivity contribution in [3.05, 3.63) is 65.7 Å². The van der Waals surface area contributed by atoms with Crippen LogP contribution in [-0.2, 0) is 16.9 Å². The van der Waals surface area contributed by atoms with Crippen molar-refractivity contribution in [3.8, 4) is 5.75 Å². The summed E-state index contributed by atoms with van der Waals surface area (Å²) in [7, 11) is 1.54. The lowest BCUT2D eigenvalue weighted by molar-refractivity contribution is -0.198. The number of halogens is 3. The first-order valence-corrected chi connectivity index (χ1v) is 9.90. The smallest absolute Gasteiger partial charge is 0.425 e. The van der Waals surface area contributed by atoms with Gasteiger partial charge in [0.1, 0.15) is 5.75 Å². The van der Waals surface area contributed by atoms with Crippen LogP contribution in [0.25, 0.3) is 0 Å². The zero-order valence-corrected chi connectivity index (χ0v) is 16.9. The first kappa shape index (κ1) is 21.2. The van der Waals surface area contributed by atoms with Crippen molar-refractivity contribution < 1.29 is 27.5 Å². The van der Waals surface area contributed by atoms with E-state index in [1.807, 2.05) is 28.4 Å². The minimum Gasteiger partial charge on any atom is -0.496 e. The summed E-state index contributed by atoms with van der Waals surface area (Å²) in [6.45, 7) is 0.105. The van der Waals surface area contributed by atoms with Gasteiger partial charge in [-0.3, -0.25) is 9.69 Å². The molecule has 1 atom stereocenters. The number of urea groups is 1. The molecule has 4 rings (SSSR count). The van der Waals surface area contributed by atoms with Gasteiger partial charge in [-0.25, -0.2) is 9.69 Å². The molecule has 0 aromatic heterocycles. The topological polar surface area (TPSA) is 61.9 Å². The van der Waals surface area contributed by atoms with Crippen LogP contribution in [-0.4, -0.2) is 47.7 Å². The monoisotopic (exact) mass is 433 g/mol. The summed E-state index contributed by atoms with van der Waals surface area (Å²) in [4.78, 5) is 28.2. The number of hydrogen-bond donors (Lipinski definition) is 1. The second-order valence-electron chi connectivity index (χ2n) is 7.71. The summed E-state index contributed by atoms with van der Waals surface area (Å²) in [6, 6.07) is 13.1. The fourth-order valence-corrected chi connectivity index (χ4v) is 3.91. The van der Waals surface area contributed by atoms with Gasteiger partial charge in [0.2, 0.25) is 5.54 Å². The number of nitrogens with zero attached hydrogens (tertiary/aromatic N) is 2. The number of hydrogen-bond acceptors (Lipinski definition) is 4. The third-order valence-corrected chi connectivity index (χ3v) is 5.69. The predicted molar refractivity (Wildman–Crippen MR) is 106 cm³/mol. The summed E-state index contributed by atoms with van der Waals surface area (Å²) >= 11 is 0. The van der Waals surface area contributed by atoms with Crippen molar-refractivity contribution in [2.24, 2.45) is 0 Å². The molecule has 1 aliphatic carbocycles. The number of alkyl halides is 3. The summed E-state index contributed by atoms with van der Waals surface area (Å²) in [5.41, 5.74) is -2.58. The molecule has 1 unspecified atom stereocenters. The molecule has 9 heteroatoms. The average Bonchev–Trinajstić information content (AvgIpc) is 3.56. The molecule has 31 heavy (non-hydrogen) atoms. The van der Waals surface area contributed by atoms with E-state index >= 15 is 0 Å². The van der Waals surface area contributed by atoms with Crippen molar-refractivity contribution >= 4 is 11.9 Å². The molecule has 6 nitrogen and oxygen atoms in total. The molecule has 2 aliphatic rings. The Morgan fingerprint density at radius 3 is 2.35 bits per heavy atom. The maximum absolute atomic E-state index is 14.2. The van der Waals surface area contributed by atoms with Crippen molar-refractivity contribution in [3.63, 3.8) is 0 Å². The van der Waals surface area contributed by atoms with Crippen molar-refractivity contribution in [1.29, 1.82) is 0 Å². The van der Waals surface area contributed by atoms with E-state index in [9.17, 15) is 22.8 Å². The van der Waals surface area contributed by atoms with Crippen LogP contribution in [0.4, 0.5) is 18.0 Å². The summed E-state index contributed by atoms with van der Waals surface area (Å²) in [6.07, 6.45) is -3.30. The number of para-hydroxylation sites is 1. The molecule has 1 N–H and O–H groups in total. The van der Waals surface area contributed by atoms with Crippen LogP contribution in [0, 0.1) is 0 Å². The van der Waals surface area contributed by atoms with Gasteiger partial charge in [-0.15, -0.1) is 0 Å². The molecule has 0 spiro atoms. The van der Waals surface area contributed by atoms with Crippen LogP contribution in [0.2, 0.25) is 0 Å². The van der Waals surface area contributed by atoms with Gasteiger partial charge in [-0.2, -0.15) is 13.2 Å². The number of nitrogens with one attached hydrogen (secondary N) is 1. The normalized spacial score (nSPS) is 21.5. The Labute approximate surface area is 177 Å². The zero-order chi connectivity index (χ0) is 22.2. The minimum atomic E-state index is -5.00. The quantitative estimate of drug-likeness (QED) is 0.678. The van der Waals surface area contributed by atoms with Crippen molar-refractivity contribution in [2.75, 3.05) is 13.8 Å². The van der Waals surface area contributed by atoms with E-state index in [2.05, 4.69) is 0 Å². The zero-order valence-electron chi connectivity index (χ0n) is 16.9. The molecule has 3 amide bonds. The molecule has 1 saturated heterocycles. The Morgan fingerprint density at radius 1 is 1.10 bits per heavy atom. The lowest BCUT2D eigenvalue weighted by atomic mass is 9.89. The maximum Gasteiger partial charge on any atom is 0.425 e. The molecule has 2 fully saturated rings. The Kier molecular flexibility index (Phi) is 5.38. The third kappa shape index (κ3) is 3.74. The number of carbonyl (C=O) groups is 2. The van der Waals surface area contributed by atoms with Gasteiger partial charge in [0.05, 0.1) is 13.8 Å². The lowest BCUT2D eigenvalue weighted by Gasteiger charge is -2.31. The number of rotatable bonds is 7. The molecule has 1 heterocycles. The van der Waals surface area contributed by atoms with E-state index in [0.29, 0.717) is 17.2 Å². The fraction of sp³-hybridized carbons (Fsp3) is 0.364. The van der Waals surface area contributed by atoms with Gasteiger partial charge in [0.15, 0.2) is 0 Å². The third-order valence-electron chi connectivity index (χ3n) is 5.69. The first-order chi connectivity index (χ1) is 14.8. The summed E-state index contributed by atoms with van der Waals surface area (Å²) in [5, 5.41) is 1.94.